The Bertz CT molecular complexity index is 176. The quantitative estimate of drug-likeness (QED) is 0.699. The van der Waals surface area contributed by atoms with E-state index in [2.05, 4.69) is 0 Å². The van der Waals surface area contributed by atoms with Crippen molar-refractivity contribution < 1.29 is 9.53 Å². The Balaban J connectivity index is 2.24. The second-order valence-corrected chi connectivity index (χ2v) is 4.08. The summed E-state index contributed by atoms with van der Waals surface area (Å²) in [5, 5.41) is 0. The Kier molecular flexibility index (Phi) is 4.77. The lowest BCUT2D eigenvalue weighted by Gasteiger charge is -2.26. The molecule has 0 N–H and O–H groups in total. The van der Waals surface area contributed by atoms with Crippen LogP contribution < -0.4 is 0 Å². The highest BCUT2D eigenvalue weighted by molar-refractivity contribution is 5.67. The van der Waals surface area contributed by atoms with Crippen LogP contribution >= 0.6 is 0 Å². The fourth-order valence-corrected chi connectivity index (χ4v) is 2.07. The van der Waals surface area contributed by atoms with Crippen molar-refractivity contribution in [1.82, 2.24) is 4.90 Å². The van der Waals surface area contributed by atoms with Gasteiger partial charge in [0.1, 0.15) is 0 Å². The number of ether oxygens (including phenoxy) is 1. The highest BCUT2D eigenvalue weighted by Crippen LogP contribution is 2.24. The van der Waals surface area contributed by atoms with Gasteiger partial charge in [-0.2, -0.15) is 0 Å². The summed E-state index contributed by atoms with van der Waals surface area (Å²) in [5.74, 6) is 0.693. The normalized spacial score (nSPS) is 17.9. The van der Waals surface area contributed by atoms with Gasteiger partial charge in [-0.05, 0) is 25.7 Å². The summed E-state index contributed by atoms with van der Waals surface area (Å²) in [5.41, 5.74) is 0. The molecule has 0 spiro atoms. The summed E-state index contributed by atoms with van der Waals surface area (Å²) in [6.45, 7) is 3.17. The topological polar surface area (TPSA) is 29.5 Å². The SMILES string of the molecule is CCOC(=O)N(C)CC1CCCCC1. The molecule has 14 heavy (non-hydrogen) atoms. The van der Waals surface area contributed by atoms with Crippen LogP contribution in [-0.4, -0.2) is 31.2 Å². The van der Waals surface area contributed by atoms with Gasteiger partial charge in [0.15, 0.2) is 0 Å². The van der Waals surface area contributed by atoms with Gasteiger partial charge in [-0.3, -0.25) is 0 Å². The fraction of sp³-hybridized carbons (Fsp3) is 0.909. The van der Waals surface area contributed by atoms with Crippen LogP contribution in [-0.2, 0) is 4.74 Å². The molecule has 0 aliphatic heterocycles. The van der Waals surface area contributed by atoms with E-state index < -0.39 is 0 Å². The monoisotopic (exact) mass is 199 g/mol. The molecule has 1 saturated carbocycles. The van der Waals surface area contributed by atoms with Crippen LogP contribution in [0, 0.1) is 5.92 Å². The van der Waals surface area contributed by atoms with Crippen LogP contribution in [0.1, 0.15) is 39.0 Å². The third kappa shape index (κ3) is 3.56. The van der Waals surface area contributed by atoms with Crippen LogP contribution in [0.5, 0.6) is 0 Å². The average Bonchev–Trinajstić information content (AvgIpc) is 2.19. The van der Waals surface area contributed by atoms with E-state index in [4.69, 9.17) is 4.74 Å². The first-order chi connectivity index (χ1) is 6.74. The molecule has 82 valence electrons. The first-order valence-electron chi connectivity index (χ1n) is 5.62. The van der Waals surface area contributed by atoms with Crippen LogP contribution in [0.15, 0.2) is 0 Å². The minimum Gasteiger partial charge on any atom is -0.450 e. The Morgan fingerprint density at radius 2 is 2.00 bits per heavy atom. The molecule has 0 atom stereocenters. The third-order valence-corrected chi connectivity index (χ3v) is 2.84. The molecule has 0 aromatic carbocycles. The third-order valence-electron chi connectivity index (χ3n) is 2.84. The van der Waals surface area contributed by atoms with E-state index in [0.29, 0.717) is 12.5 Å². The molecular formula is C11H21NO2. The number of carbonyl (C=O) groups excluding carboxylic acids is 1. The van der Waals surface area contributed by atoms with Gasteiger partial charge in [-0.25, -0.2) is 4.79 Å². The maximum atomic E-state index is 11.3. The Hall–Kier alpha value is -0.730. The van der Waals surface area contributed by atoms with Gasteiger partial charge in [0.05, 0.1) is 6.61 Å². The minimum atomic E-state index is -0.182. The highest BCUT2D eigenvalue weighted by Gasteiger charge is 2.18. The van der Waals surface area contributed by atoms with Crippen molar-refractivity contribution in [2.24, 2.45) is 5.92 Å². The molecule has 1 fully saturated rings. The number of rotatable bonds is 3. The van der Waals surface area contributed by atoms with E-state index in [1.165, 1.54) is 32.1 Å². The number of nitrogens with zero attached hydrogens (tertiary/aromatic N) is 1. The van der Waals surface area contributed by atoms with Crippen molar-refractivity contribution in [1.29, 1.82) is 0 Å². The van der Waals surface area contributed by atoms with Gasteiger partial charge in [-0.15, -0.1) is 0 Å². The van der Waals surface area contributed by atoms with Gasteiger partial charge in [0.25, 0.3) is 0 Å². The van der Waals surface area contributed by atoms with E-state index in [9.17, 15) is 4.79 Å². The Morgan fingerprint density at radius 1 is 1.36 bits per heavy atom. The molecule has 3 nitrogen and oxygen atoms in total. The zero-order valence-corrected chi connectivity index (χ0v) is 9.29. The molecule has 1 aliphatic carbocycles. The standard InChI is InChI=1S/C11H21NO2/c1-3-14-11(13)12(2)9-10-7-5-4-6-8-10/h10H,3-9H2,1-2H3. The lowest BCUT2D eigenvalue weighted by Crippen LogP contribution is -2.33. The van der Waals surface area contributed by atoms with Gasteiger partial charge < -0.3 is 9.64 Å². The van der Waals surface area contributed by atoms with Crippen molar-refractivity contribution in [3.8, 4) is 0 Å². The van der Waals surface area contributed by atoms with E-state index in [0.717, 1.165) is 6.54 Å². The van der Waals surface area contributed by atoms with Gasteiger partial charge >= 0.3 is 6.09 Å². The Morgan fingerprint density at radius 3 is 2.57 bits per heavy atom. The molecule has 3 heteroatoms. The molecule has 0 bridgehead atoms. The van der Waals surface area contributed by atoms with Crippen molar-refractivity contribution >= 4 is 6.09 Å². The number of hydrogen-bond acceptors (Lipinski definition) is 2. The van der Waals surface area contributed by atoms with Gasteiger partial charge in [0, 0.05) is 13.6 Å². The highest BCUT2D eigenvalue weighted by atomic mass is 16.5. The molecule has 0 radical (unpaired) electrons. The zero-order chi connectivity index (χ0) is 10.4. The molecule has 0 unspecified atom stereocenters. The lowest BCUT2D eigenvalue weighted by molar-refractivity contribution is 0.107. The lowest BCUT2D eigenvalue weighted by atomic mass is 9.89. The predicted molar refractivity (Wildman–Crippen MR) is 56.2 cm³/mol. The first kappa shape index (κ1) is 11.3. The number of carbonyl (C=O) groups is 1. The van der Waals surface area contributed by atoms with Crippen LogP contribution in [0.2, 0.25) is 0 Å². The maximum Gasteiger partial charge on any atom is 0.409 e. The van der Waals surface area contributed by atoms with E-state index in [1.54, 1.807) is 4.90 Å². The second-order valence-electron chi connectivity index (χ2n) is 4.08. The summed E-state index contributed by atoms with van der Waals surface area (Å²) >= 11 is 0. The van der Waals surface area contributed by atoms with Crippen molar-refractivity contribution in [2.75, 3.05) is 20.2 Å². The summed E-state index contributed by atoms with van der Waals surface area (Å²) in [6, 6.07) is 0. The number of amides is 1. The summed E-state index contributed by atoms with van der Waals surface area (Å²) in [6.07, 6.45) is 6.36. The molecular weight excluding hydrogens is 178 g/mol. The van der Waals surface area contributed by atoms with Crippen LogP contribution in [0.3, 0.4) is 0 Å². The van der Waals surface area contributed by atoms with E-state index >= 15 is 0 Å². The maximum absolute atomic E-state index is 11.3. The molecule has 1 rings (SSSR count). The largest absolute Gasteiger partial charge is 0.450 e. The molecule has 0 saturated heterocycles. The summed E-state index contributed by atoms with van der Waals surface area (Å²) in [4.78, 5) is 13.0. The van der Waals surface area contributed by atoms with Gasteiger partial charge in [0.2, 0.25) is 0 Å². The Labute approximate surface area is 86.4 Å². The molecule has 0 aromatic rings. The first-order valence-corrected chi connectivity index (χ1v) is 5.62. The smallest absolute Gasteiger partial charge is 0.409 e. The second kappa shape index (κ2) is 5.89. The molecule has 0 aromatic heterocycles. The zero-order valence-electron chi connectivity index (χ0n) is 9.29. The van der Waals surface area contributed by atoms with Crippen molar-refractivity contribution in [2.45, 2.75) is 39.0 Å². The molecule has 0 heterocycles. The fourth-order valence-electron chi connectivity index (χ4n) is 2.07. The van der Waals surface area contributed by atoms with Crippen LogP contribution in [0.25, 0.3) is 0 Å². The van der Waals surface area contributed by atoms with Crippen LogP contribution in [0.4, 0.5) is 4.79 Å². The van der Waals surface area contributed by atoms with E-state index in [-0.39, 0.29) is 6.09 Å². The molecule has 1 aliphatic rings. The van der Waals surface area contributed by atoms with Gasteiger partial charge in [-0.1, -0.05) is 19.3 Å². The number of hydrogen-bond donors (Lipinski definition) is 0. The molecule has 1 amide bonds. The average molecular weight is 199 g/mol. The van der Waals surface area contributed by atoms with E-state index in [1.807, 2.05) is 14.0 Å². The van der Waals surface area contributed by atoms with Crippen molar-refractivity contribution in [3.05, 3.63) is 0 Å². The predicted octanol–water partition coefficient (Wildman–Crippen LogP) is 2.66. The van der Waals surface area contributed by atoms with Crippen molar-refractivity contribution in [3.63, 3.8) is 0 Å². The minimum absolute atomic E-state index is 0.182. The summed E-state index contributed by atoms with van der Waals surface area (Å²) in [7, 11) is 1.83. The summed E-state index contributed by atoms with van der Waals surface area (Å²) < 4.78 is 4.93.